The molecule has 0 aliphatic heterocycles. The van der Waals surface area contributed by atoms with E-state index in [0.29, 0.717) is 46.0 Å². The molecule has 140 valence electrons. The van der Waals surface area contributed by atoms with E-state index in [2.05, 4.69) is 20.5 Å². The molecule has 0 aliphatic rings. The molecule has 0 saturated heterocycles. The Bertz CT molecular complexity index is 967. The molecule has 0 saturated carbocycles. The summed E-state index contributed by atoms with van der Waals surface area (Å²) in [5.41, 5.74) is 2.96. The minimum Gasteiger partial charge on any atom is -0.322 e. The Labute approximate surface area is 157 Å². The van der Waals surface area contributed by atoms with Gasteiger partial charge in [-0.1, -0.05) is 19.1 Å². The van der Waals surface area contributed by atoms with Crippen molar-refractivity contribution in [1.29, 1.82) is 0 Å². The average molecular weight is 392 g/mol. The molecule has 3 rings (SSSR count). The summed E-state index contributed by atoms with van der Waals surface area (Å²) in [6.45, 7) is 3.62. The summed E-state index contributed by atoms with van der Waals surface area (Å²) in [7, 11) is 0. The summed E-state index contributed by atoms with van der Waals surface area (Å²) in [4.78, 5) is 16.1. The van der Waals surface area contributed by atoms with E-state index in [1.54, 1.807) is 37.3 Å². The van der Waals surface area contributed by atoms with Gasteiger partial charge < -0.3 is 5.32 Å². The molecule has 0 bridgehead atoms. The smallest absolute Gasteiger partial charge is 0.322 e. The third-order valence-corrected chi connectivity index (χ3v) is 4.71. The molecule has 5 nitrogen and oxygen atoms in total. The number of hydrogen-bond donors (Lipinski definition) is 1. The van der Waals surface area contributed by atoms with Crippen LogP contribution in [0.15, 0.2) is 35.7 Å². The summed E-state index contributed by atoms with van der Waals surface area (Å²) in [5.74, 6) is -0.321. The fourth-order valence-electron chi connectivity index (χ4n) is 2.35. The van der Waals surface area contributed by atoms with Gasteiger partial charge in [-0.3, -0.25) is 4.79 Å². The highest BCUT2D eigenvalue weighted by Crippen LogP contribution is 2.34. The van der Waals surface area contributed by atoms with Crippen LogP contribution in [0.25, 0.3) is 11.3 Å². The van der Waals surface area contributed by atoms with Gasteiger partial charge in [0.15, 0.2) is 5.01 Å². The number of carbonyl (C=O) groups excluding carboxylic acids is 1. The number of nitrogens with zero attached hydrogens (tertiary/aromatic N) is 3. The maximum atomic E-state index is 12.7. The van der Waals surface area contributed by atoms with Gasteiger partial charge in [-0.2, -0.15) is 23.4 Å². The van der Waals surface area contributed by atoms with Crippen LogP contribution in [-0.4, -0.2) is 21.1 Å². The molecule has 1 aromatic carbocycles. The van der Waals surface area contributed by atoms with Crippen LogP contribution in [0.4, 0.5) is 18.9 Å². The minimum atomic E-state index is -4.45. The molecule has 2 aromatic heterocycles. The fourth-order valence-corrected chi connectivity index (χ4v) is 3.05. The lowest BCUT2D eigenvalue weighted by Gasteiger charge is -2.08. The highest BCUT2D eigenvalue weighted by Gasteiger charge is 2.34. The van der Waals surface area contributed by atoms with Gasteiger partial charge in [0.1, 0.15) is 0 Å². The SMILES string of the molecule is CCc1cc(C(=O)Nc2ccc(-c3csc(C(F)(F)F)n3)cc2)c(C)nn1. The van der Waals surface area contributed by atoms with Gasteiger partial charge in [0, 0.05) is 16.6 Å². The van der Waals surface area contributed by atoms with Gasteiger partial charge in [-0.05, 0) is 31.5 Å². The topological polar surface area (TPSA) is 67.8 Å². The Morgan fingerprint density at radius 3 is 2.48 bits per heavy atom. The van der Waals surface area contributed by atoms with Crippen LogP contribution in [0.1, 0.15) is 33.7 Å². The molecule has 0 radical (unpaired) electrons. The number of halogens is 3. The Hall–Kier alpha value is -2.81. The molecule has 0 spiro atoms. The van der Waals surface area contributed by atoms with Crippen molar-refractivity contribution in [1.82, 2.24) is 15.2 Å². The number of amides is 1. The highest BCUT2D eigenvalue weighted by molar-refractivity contribution is 7.10. The van der Waals surface area contributed by atoms with Crippen LogP contribution < -0.4 is 5.32 Å². The Balaban J connectivity index is 1.76. The van der Waals surface area contributed by atoms with E-state index >= 15 is 0 Å². The number of carbonyl (C=O) groups is 1. The number of aryl methyl sites for hydroxylation is 2. The standard InChI is InChI=1S/C18H15F3N4OS/c1-3-12-8-14(10(2)24-25-12)16(26)22-13-6-4-11(5-7-13)15-9-27-17(23-15)18(19,20)21/h4-9H,3H2,1-2H3,(H,22,26). The number of nitrogens with one attached hydrogen (secondary N) is 1. The summed E-state index contributed by atoms with van der Waals surface area (Å²) in [6.07, 6.45) is -3.79. The zero-order valence-electron chi connectivity index (χ0n) is 14.5. The summed E-state index contributed by atoms with van der Waals surface area (Å²) in [5, 5.41) is 11.2. The first-order valence-electron chi connectivity index (χ1n) is 8.05. The number of hydrogen-bond acceptors (Lipinski definition) is 5. The molecule has 0 fully saturated rings. The first kappa shape index (κ1) is 19.0. The normalized spacial score (nSPS) is 11.4. The van der Waals surface area contributed by atoms with Crippen molar-refractivity contribution in [3.05, 3.63) is 57.7 Å². The number of benzene rings is 1. The zero-order chi connectivity index (χ0) is 19.6. The second kappa shape index (κ2) is 7.43. The lowest BCUT2D eigenvalue weighted by molar-refractivity contribution is -0.137. The average Bonchev–Trinajstić information content (AvgIpc) is 3.13. The minimum absolute atomic E-state index is 0.243. The molecule has 1 N–H and O–H groups in total. The summed E-state index contributed by atoms with van der Waals surface area (Å²) in [6, 6.07) is 8.15. The molecular weight excluding hydrogens is 377 g/mol. The largest absolute Gasteiger partial charge is 0.443 e. The van der Waals surface area contributed by atoms with Crippen molar-refractivity contribution < 1.29 is 18.0 Å². The quantitative estimate of drug-likeness (QED) is 0.696. The number of alkyl halides is 3. The van der Waals surface area contributed by atoms with Crippen LogP contribution in [0.5, 0.6) is 0 Å². The van der Waals surface area contributed by atoms with Crippen LogP contribution in [0, 0.1) is 6.92 Å². The lowest BCUT2D eigenvalue weighted by Crippen LogP contribution is -2.15. The molecule has 9 heteroatoms. The first-order valence-corrected chi connectivity index (χ1v) is 8.93. The Morgan fingerprint density at radius 2 is 1.89 bits per heavy atom. The number of thiazole rings is 1. The van der Waals surface area contributed by atoms with Crippen LogP contribution in [-0.2, 0) is 12.6 Å². The van der Waals surface area contributed by atoms with E-state index in [1.807, 2.05) is 6.92 Å². The van der Waals surface area contributed by atoms with Gasteiger partial charge in [-0.15, -0.1) is 11.3 Å². The molecule has 3 aromatic rings. The van der Waals surface area contributed by atoms with Gasteiger partial charge in [0.05, 0.1) is 22.6 Å². The van der Waals surface area contributed by atoms with Crippen LogP contribution in [0.3, 0.4) is 0 Å². The van der Waals surface area contributed by atoms with Crippen LogP contribution in [0.2, 0.25) is 0 Å². The van der Waals surface area contributed by atoms with Crippen molar-refractivity contribution in [3.63, 3.8) is 0 Å². The van der Waals surface area contributed by atoms with E-state index < -0.39 is 11.2 Å². The van der Waals surface area contributed by atoms with Crippen molar-refractivity contribution >= 4 is 22.9 Å². The van der Waals surface area contributed by atoms with Gasteiger partial charge >= 0.3 is 6.18 Å². The Morgan fingerprint density at radius 1 is 1.19 bits per heavy atom. The predicted molar refractivity (Wildman–Crippen MR) is 96.7 cm³/mol. The first-order chi connectivity index (χ1) is 12.8. The van der Waals surface area contributed by atoms with E-state index in [4.69, 9.17) is 0 Å². The van der Waals surface area contributed by atoms with Crippen LogP contribution >= 0.6 is 11.3 Å². The van der Waals surface area contributed by atoms with E-state index in [9.17, 15) is 18.0 Å². The molecule has 27 heavy (non-hydrogen) atoms. The van der Waals surface area contributed by atoms with Gasteiger partial charge in [-0.25, -0.2) is 4.98 Å². The molecule has 0 unspecified atom stereocenters. The molecular formula is C18H15F3N4OS. The second-order valence-electron chi connectivity index (χ2n) is 5.76. The number of aromatic nitrogens is 3. The maximum Gasteiger partial charge on any atom is 0.443 e. The van der Waals surface area contributed by atoms with Gasteiger partial charge in [0.2, 0.25) is 0 Å². The number of anilines is 1. The van der Waals surface area contributed by atoms with E-state index in [-0.39, 0.29) is 11.6 Å². The molecule has 2 heterocycles. The zero-order valence-corrected chi connectivity index (χ0v) is 15.3. The highest BCUT2D eigenvalue weighted by atomic mass is 32.1. The van der Waals surface area contributed by atoms with Crippen molar-refractivity contribution in [2.45, 2.75) is 26.4 Å². The van der Waals surface area contributed by atoms with E-state index in [0.717, 1.165) is 0 Å². The monoisotopic (exact) mass is 392 g/mol. The van der Waals surface area contributed by atoms with Crippen molar-refractivity contribution in [3.8, 4) is 11.3 Å². The summed E-state index contributed by atoms with van der Waals surface area (Å²) >= 11 is 0.550. The predicted octanol–water partition coefficient (Wildman–Crippen LogP) is 4.74. The molecule has 0 aliphatic carbocycles. The number of rotatable bonds is 4. The molecule has 1 amide bonds. The third kappa shape index (κ3) is 4.30. The molecule has 0 atom stereocenters. The van der Waals surface area contributed by atoms with Crippen molar-refractivity contribution in [2.24, 2.45) is 0 Å². The summed E-state index contributed by atoms with van der Waals surface area (Å²) < 4.78 is 38.0. The fraction of sp³-hybridized carbons (Fsp3) is 0.222. The van der Waals surface area contributed by atoms with Crippen molar-refractivity contribution in [2.75, 3.05) is 5.32 Å². The third-order valence-electron chi connectivity index (χ3n) is 3.82. The maximum absolute atomic E-state index is 12.7. The van der Waals surface area contributed by atoms with E-state index in [1.165, 1.54) is 5.38 Å². The Kier molecular flexibility index (Phi) is 5.22. The van der Waals surface area contributed by atoms with Gasteiger partial charge in [0.25, 0.3) is 5.91 Å². The second-order valence-corrected chi connectivity index (χ2v) is 6.61. The lowest BCUT2D eigenvalue weighted by atomic mass is 10.1.